The van der Waals surface area contributed by atoms with Crippen molar-refractivity contribution in [3.8, 4) is 11.8 Å². The van der Waals surface area contributed by atoms with E-state index in [9.17, 15) is 9.90 Å². The summed E-state index contributed by atoms with van der Waals surface area (Å²) in [5.41, 5.74) is 1.51. The molecule has 0 amide bonds. The zero-order chi connectivity index (χ0) is 17.9. The third-order valence-electron chi connectivity index (χ3n) is 5.29. The molecular weight excluding hydrogens is 332 g/mol. The lowest BCUT2D eigenvalue weighted by atomic mass is 9.84. The molecule has 0 bridgehead atoms. The summed E-state index contributed by atoms with van der Waals surface area (Å²) < 4.78 is 13.3. The SMILES string of the molecule is O=c1cc(CO)n2c(n1)OC(COc1ccc(C3CCCCC3)cc1)C2. The number of aliphatic hydroxyl groups is 1. The van der Waals surface area contributed by atoms with Crippen LogP contribution in [0.5, 0.6) is 11.8 Å². The second-order valence-corrected chi connectivity index (χ2v) is 7.09. The maximum Gasteiger partial charge on any atom is 0.300 e. The predicted molar refractivity (Wildman–Crippen MR) is 96.6 cm³/mol. The summed E-state index contributed by atoms with van der Waals surface area (Å²) >= 11 is 0. The highest BCUT2D eigenvalue weighted by molar-refractivity contribution is 5.29. The van der Waals surface area contributed by atoms with Gasteiger partial charge in [-0.15, -0.1) is 0 Å². The highest BCUT2D eigenvalue weighted by atomic mass is 16.6. The lowest BCUT2D eigenvalue weighted by Crippen LogP contribution is -2.23. The van der Waals surface area contributed by atoms with Crippen LogP contribution < -0.4 is 15.0 Å². The maximum atomic E-state index is 11.5. The molecule has 1 unspecified atom stereocenters. The molecule has 2 heterocycles. The number of hydrogen-bond donors (Lipinski definition) is 1. The van der Waals surface area contributed by atoms with Crippen molar-refractivity contribution >= 4 is 0 Å². The molecule has 4 rings (SSSR count). The Morgan fingerprint density at radius 3 is 2.69 bits per heavy atom. The van der Waals surface area contributed by atoms with Gasteiger partial charge in [0, 0.05) is 6.07 Å². The van der Waals surface area contributed by atoms with Gasteiger partial charge in [-0.1, -0.05) is 31.4 Å². The normalized spacial score (nSPS) is 19.8. The van der Waals surface area contributed by atoms with E-state index in [1.165, 1.54) is 43.7 Å². The van der Waals surface area contributed by atoms with E-state index in [4.69, 9.17) is 9.47 Å². The Hall–Kier alpha value is -2.34. The van der Waals surface area contributed by atoms with Crippen molar-refractivity contribution < 1.29 is 14.6 Å². The fourth-order valence-electron chi connectivity index (χ4n) is 3.88. The van der Waals surface area contributed by atoms with E-state index in [0.717, 1.165) is 5.75 Å². The van der Waals surface area contributed by atoms with E-state index in [2.05, 4.69) is 17.1 Å². The number of nitrogens with zero attached hydrogens (tertiary/aromatic N) is 2. The van der Waals surface area contributed by atoms with Crippen LogP contribution in [0.15, 0.2) is 35.1 Å². The molecule has 26 heavy (non-hydrogen) atoms. The van der Waals surface area contributed by atoms with Crippen LogP contribution in [0.3, 0.4) is 0 Å². The highest BCUT2D eigenvalue weighted by Gasteiger charge is 2.26. The summed E-state index contributed by atoms with van der Waals surface area (Å²) in [6.45, 7) is 0.661. The van der Waals surface area contributed by atoms with Gasteiger partial charge in [-0.2, -0.15) is 4.98 Å². The average molecular weight is 356 g/mol. The Kier molecular flexibility index (Phi) is 4.93. The number of aromatic nitrogens is 2. The predicted octanol–water partition coefficient (Wildman–Crippen LogP) is 2.62. The molecule has 0 radical (unpaired) electrons. The van der Waals surface area contributed by atoms with Crippen LogP contribution in [0.2, 0.25) is 0 Å². The van der Waals surface area contributed by atoms with Gasteiger partial charge in [0.1, 0.15) is 12.4 Å². The highest BCUT2D eigenvalue weighted by Crippen LogP contribution is 2.33. The topological polar surface area (TPSA) is 73.6 Å². The molecule has 1 N–H and O–H groups in total. The summed E-state index contributed by atoms with van der Waals surface area (Å²) in [4.78, 5) is 15.4. The van der Waals surface area contributed by atoms with Gasteiger partial charge in [0.25, 0.3) is 5.56 Å². The third kappa shape index (κ3) is 3.60. The average Bonchev–Trinajstić information content (AvgIpc) is 3.09. The second kappa shape index (κ2) is 7.50. The maximum absolute atomic E-state index is 11.5. The van der Waals surface area contributed by atoms with Gasteiger partial charge in [0.2, 0.25) is 0 Å². The molecule has 6 nitrogen and oxygen atoms in total. The molecule has 1 aliphatic carbocycles. The van der Waals surface area contributed by atoms with Crippen LogP contribution in [0.25, 0.3) is 0 Å². The molecule has 138 valence electrons. The Morgan fingerprint density at radius 1 is 1.19 bits per heavy atom. The number of hydrogen-bond acceptors (Lipinski definition) is 5. The number of ether oxygens (including phenoxy) is 2. The third-order valence-corrected chi connectivity index (χ3v) is 5.29. The number of aliphatic hydroxyl groups excluding tert-OH is 1. The van der Waals surface area contributed by atoms with Crippen molar-refractivity contribution in [1.82, 2.24) is 9.55 Å². The Bertz CT molecular complexity index is 810. The van der Waals surface area contributed by atoms with Gasteiger partial charge in [0.15, 0.2) is 6.10 Å². The molecule has 2 aliphatic rings. The lowest BCUT2D eigenvalue weighted by Gasteiger charge is -2.22. The summed E-state index contributed by atoms with van der Waals surface area (Å²) in [5.74, 6) is 1.50. The molecule has 1 aromatic carbocycles. The fraction of sp³-hybridized carbons (Fsp3) is 0.500. The zero-order valence-electron chi connectivity index (χ0n) is 14.8. The summed E-state index contributed by atoms with van der Waals surface area (Å²) in [6.07, 6.45) is 6.36. The Labute approximate surface area is 152 Å². The molecule has 0 spiro atoms. The minimum Gasteiger partial charge on any atom is -0.490 e. The number of rotatable bonds is 5. The molecule has 2 aromatic rings. The van der Waals surface area contributed by atoms with E-state index in [1.807, 2.05) is 12.1 Å². The van der Waals surface area contributed by atoms with Crippen LogP contribution in [0.1, 0.15) is 49.3 Å². The van der Waals surface area contributed by atoms with Crippen molar-refractivity contribution in [1.29, 1.82) is 0 Å². The van der Waals surface area contributed by atoms with Crippen molar-refractivity contribution in [3.05, 3.63) is 51.9 Å². The zero-order valence-corrected chi connectivity index (χ0v) is 14.8. The Balaban J connectivity index is 1.35. The molecule has 1 aromatic heterocycles. The molecule has 0 saturated heterocycles. The van der Waals surface area contributed by atoms with E-state index >= 15 is 0 Å². The summed E-state index contributed by atoms with van der Waals surface area (Å²) in [6, 6.07) is 9.96. The van der Waals surface area contributed by atoms with Crippen molar-refractivity contribution in [3.63, 3.8) is 0 Å². The first-order chi connectivity index (χ1) is 12.7. The van der Waals surface area contributed by atoms with Crippen LogP contribution >= 0.6 is 0 Å². The van der Waals surface area contributed by atoms with Crippen molar-refractivity contribution in [2.24, 2.45) is 0 Å². The van der Waals surface area contributed by atoms with Gasteiger partial charge in [-0.3, -0.25) is 9.36 Å². The van der Waals surface area contributed by atoms with E-state index in [0.29, 0.717) is 24.8 Å². The number of fused-ring (bicyclic) bond motifs is 1. The molecule has 6 heteroatoms. The number of benzene rings is 1. The van der Waals surface area contributed by atoms with Crippen LogP contribution in [0.4, 0.5) is 0 Å². The van der Waals surface area contributed by atoms with E-state index in [1.54, 1.807) is 4.57 Å². The van der Waals surface area contributed by atoms with Crippen molar-refractivity contribution in [2.45, 2.75) is 57.3 Å². The monoisotopic (exact) mass is 356 g/mol. The quantitative estimate of drug-likeness (QED) is 0.891. The van der Waals surface area contributed by atoms with E-state index in [-0.39, 0.29) is 18.7 Å². The molecule has 1 saturated carbocycles. The first-order valence-electron chi connectivity index (χ1n) is 9.34. The fourth-order valence-corrected chi connectivity index (χ4v) is 3.88. The van der Waals surface area contributed by atoms with Gasteiger partial charge < -0.3 is 14.6 Å². The van der Waals surface area contributed by atoms with Crippen LogP contribution in [-0.4, -0.2) is 27.4 Å². The van der Waals surface area contributed by atoms with Crippen molar-refractivity contribution in [2.75, 3.05) is 6.61 Å². The van der Waals surface area contributed by atoms with Crippen LogP contribution in [0, 0.1) is 0 Å². The summed E-state index contributed by atoms with van der Waals surface area (Å²) in [5, 5.41) is 9.38. The van der Waals surface area contributed by atoms with Crippen LogP contribution in [-0.2, 0) is 13.2 Å². The smallest absolute Gasteiger partial charge is 0.300 e. The largest absolute Gasteiger partial charge is 0.490 e. The summed E-state index contributed by atoms with van der Waals surface area (Å²) in [7, 11) is 0. The molecule has 1 atom stereocenters. The van der Waals surface area contributed by atoms with Gasteiger partial charge >= 0.3 is 6.01 Å². The van der Waals surface area contributed by atoms with Gasteiger partial charge in [-0.25, -0.2) is 0 Å². The standard InChI is InChI=1S/C20H24N2O4/c23-12-16-10-19(24)21-20-22(16)11-18(26-20)13-25-17-8-6-15(7-9-17)14-4-2-1-3-5-14/h6-10,14,18,23H,1-5,11-13H2. The first-order valence-corrected chi connectivity index (χ1v) is 9.34. The van der Waals surface area contributed by atoms with E-state index < -0.39 is 5.56 Å². The minimum atomic E-state index is -0.403. The van der Waals surface area contributed by atoms with Gasteiger partial charge in [0.05, 0.1) is 18.8 Å². The first kappa shape index (κ1) is 17.1. The molecule has 1 fully saturated rings. The molecular formula is C20H24N2O4. The van der Waals surface area contributed by atoms with Gasteiger partial charge in [-0.05, 0) is 36.5 Å². The Morgan fingerprint density at radius 2 is 1.96 bits per heavy atom. The lowest BCUT2D eigenvalue weighted by molar-refractivity contribution is 0.143. The minimum absolute atomic E-state index is 0.218. The molecule has 1 aliphatic heterocycles. The second-order valence-electron chi connectivity index (χ2n) is 7.09.